The Labute approximate surface area is 195 Å². The molecule has 0 aliphatic heterocycles. The number of anilines is 2. The van der Waals surface area contributed by atoms with E-state index in [1.165, 1.54) is 14.0 Å². The van der Waals surface area contributed by atoms with Gasteiger partial charge in [-0.05, 0) is 48.9 Å². The molecular formula is C24H24N4O4S. The first-order chi connectivity index (χ1) is 16.0. The number of rotatable bonds is 8. The van der Waals surface area contributed by atoms with Crippen molar-refractivity contribution in [2.45, 2.75) is 19.8 Å². The average molecular weight is 465 g/mol. The highest BCUT2D eigenvalue weighted by Crippen LogP contribution is 2.29. The molecule has 2 N–H and O–H groups in total. The maximum absolute atomic E-state index is 12.6. The van der Waals surface area contributed by atoms with Gasteiger partial charge < -0.3 is 20.1 Å². The van der Waals surface area contributed by atoms with Gasteiger partial charge >= 0.3 is 0 Å². The Bertz CT molecular complexity index is 1290. The zero-order valence-corrected chi connectivity index (χ0v) is 19.4. The predicted octanol–water partition coefficient (Wildman–Crippen LogP) is 4.61. The molecule has 170 valence electrons. The molecule has 2 heterocycles. The van der Waals surface area contributed by atoms with Crippen LogP contribution in [0.5, 0.6) is 11.5 Å². The van der Waals surface area contributed by atoms with Gasteiger partial charge in [0.15, 0.2) is 4.96 Å². The summed E-state index contributed by atoms with van der Waals surface area (Å²) in [6, 6.07) is 12.9. The Balaban J connectivity index is 1.44. The summed E-state index contributed by atoms with van der Waals surface area (Å²) in [6.07, 6.45) is 2.83. The molecular weight excluding hydrogens is 440 g/mol. The van der Waals surface area contributed by atoms with Crippen molar-refractivity contribution < 1.29 is 19.1 Å². The van der Waals surface area contributed by atoms with Crippen LogP contribution in [0.1, 0.15) is 19.0 Å². The minimum absolute atomic E-state index is 0.150. The second-order valence-electron chi connectivity index (χ2n) is 7.38. The summed E-state index contributed by atoms with van der Waals surface area (Å²) < 4.78 is 12.6. The Morgan fingerprint density at radius 3 is 2.55 bits per heavy atom. The number of nitrogens with zero attached hydrogens (tertiary/aromatic N) is 2. The van der Waals surface area contributed by atoms with Gasteiger partial charge in [-0.1, -0.05) is 0 Å². The largest absolute Gasteiger partial charge is 0.497 e. The number of fused-ring (bicyclic) bond motifs is 1. The smallest absolute Gasteiger partial charge is 0.224 e. The van der Waals surface area contributed by atoms with Gasteiger partial charge in [0.05, 0.1) is 25.6 Å². The molecule has 0 saturated carbocycles. The molecule has 0 bridgehead atoms. The van der Waals surface area contributed by atoms with Crippen molar-refractivity contribution in [3.63, 3.8) is 0 Å². The van der Waals surface area contributed by atoms with Crippen LogP contribution in [0.15, 0.2) is 54.0 Å². The summed E-state index contributed by atoms with van der Waals surface area (Å²) in [6.45, 7) is 1.43. The number of benzene rings is 2. The number of imidazole rings is 1. The first-order valence-electron chi connectivity index (χ1n) is 10.3. The molecule has 2 aromatic carbocycles. The molecule has 8 nitrogen and oxygen atoms in total. The number of hydrogen-bond acceptors (Lipinski definition) is 6. The first-order valence-corrected chi connectivity index (χ1v) is 11.2. The van der Waals surface area contributed by atoms with E-state index in [9.17, 15) is 9.59 Å². The maximum Gasteiger partial charge on any atom is 0.224 e. The van der Waals surface area contributed by atoms with E-state index in [-0.39, 0.29) is 18.2 Å². The van der Waals surface area contributed by atoms with Gasteiger partial charge in [-0.3, -0.25) is 14.0 Å². The fourth-order valence-electron chi connectivity index (χ4n) is 3.45. The van der Waals surface area contributed by atoms with E-state index >= 15 is 0 Å². The molecule has 0 aliphatic carbocycles. The lowest BCUT2D eigenvalue weighted by molar-refractivity contribution is -0.116. The molecule has 0 spiro atoms. The molecule has 0 atom stereocenters. The summed E-state index contributed by atoms with van der Waals surface area (Å²) in [7, 11) is 3.17. The van der Waals surface area contributed by atoms with Crippen molar-refractivity contribution in [2.75, 3.05) is 24.9 Å². The minimum atomic E-state index is -0.187. The number of aryl methyl sites for hydroxylation is 1. The van der Waals surface area contributed by atoms with Crippen molar-refractivity contribution in [1.82, 2.24) is 9.38 Å². The van der Waals surface area contributed by atoms with E-state index in [0.717, 1.165) is 27.7 Å². The van der Waals surface area contributed by atoms with Gasteiger partial charge in [-0.15, -0.1) is 11.3 Å². The number of carbonyl (C=O) groups is 2. The first kappa shape index (κ1) is 22.3. The second kappa shape index (κ2) is 9.74. The monoisotopic (exact) mass is 464 g/mol. The SMILES string of the molecule is COc1ccc(-c2cn3c(CCC(=O)Nc4cc(NC(C)=O)ccc4OC)csc3n2)cc1. The number of aromatic nitrogens is 2. The van der Waals surface area contributed by atoms with Crippen LogP contribution in [0.25, 0.3) is 16.2 Å². The standard InChI is InChI=1S/C24H24N4O4S/c1-15(29)25-17-6-10-22(32-3)20(12-17)26-23(30)11-7-18-14-33-24-27-21(13-28(18)24)16-4-8-19(31-2)9-5-16/h4-6,8-10,12-14H,7,11H2,1-3H3,(H,25,29)(H,26,30). The lowest BCUT2D eigenvalue weighted by Gasteiger charge is -2.12. The lowest BCUT2D eigenvalue weighted by atomic mass is 10.1. The molecule has 0 saturated heterocycles. The van der Waals surface area contributed by atoms with Gasteiger partial charge in [0, 0.05) is 41.9 Å². The van der Waals surface area contributed by atoms with Gasteiger partial charge in [-0.2, -0.15) is 0 Å². The fraction of sp³-hybridized carbons (Fsp3) is 0.208. The van der Waals surface area contributed by atoms with Crippen LogP contribution in [0.2, 0.25) is 0 Å². The maximum atomic E-state index is 12.6. The second-order valence-corrected chi connectivity index (χ2v) is 8.22. The summed E-state index contributed by atoms with van der Waals surface area (Å²) in [5.41, 5.74) is 3.98. The van der Waals surface area contributed by atoms with Gasteiger partial charge in [-0.25, -0.2) is 4.98 Å². The van der Waals surface area contributed by atoms with Crippen LogP contribution >= 0.6 is 11.3 Å². The van der Waals surface area contributed by atoms with Crippen LogP contribution in [0, 0.1) is 0 Å². The molecule has 0 aliphatic rings. The van der Waals surface area contributed by atoms with Gasteiger partial charge in [0.2, 0.25) is 11.8 Å². The number of hydrogen-bond donors (Lipinski definition) is 2. The van der Waals surface area contributed by atoms with Gasteiger partial charge in [0.1, 0.15) is 11.5 Å². The highest BCUT2D eigenvalue weighted by Gasteiger charge is 2.13. The van der Waals surface area contributed by atoms with Crippen LogP contribution in [-0.4, -0.2) is 35.4 Å². The number of methoxy groups -OCH3 is 2. The molecule has 2 aromatic heterocycles. The van der Waals surface area contributed by atoms with Gasteiger partial charge in [0.25, 0.3) is 0 Å². The van der Waals surface area contributed by atoms with E-state index in [1.807, 2.05) is 40.2 Å². The lowest BCUT2D eigenvalue weighted by Crippen LogP contribution is -2.14. The van der Waals surface area contributed by atoms with Crippen molar-refractivity contribution in [1.29, 1.82) is 0 Å². The zero-order chi connectivity index (χ0) is 23.4. The molecule has 0 fully saturated rings. The van der Waals surface area contributed by atoms with E-state index in [2.05, 4.69) is 10.6 Å². The van der Waals surface area contributed by atoms with Crippen molar-refractivity contribution in [3.05, 3.63) is 59.7 Å². The molecule has 0 radical (unpaired) electrons. The van der Waals surface area contributed by atoms with Crippen molar-refractivity contribution >= 4 is 39.5 Å². The normalized spacial score (nSPS) is 10.8. The van der Waals surface area contributed by atoms with Crippen LogP contribution in [-0.2, 0) is 16.0 Å². The van der Waals surface area contributed by atoms with Crippen LogP contribution < -0.4 is 20.1 Å². The summed E-state index contributed by atoms with van der Waals surface area (Å²) >= 11 is 1.54. The molecule has 4 aromatic rings. The molecule has 4 rings (SSSR count). The number of amides is 2. The molecule has 33 heavy (non-hydrogen) atoms. The number of nitrogens with one attached hydrogen (secondary N) is 2. The predicted molar refractivity (Wildman–Crippen MR) is 129 cm³/mol. The summed E-state index contributed by atoms with van der Waals surface area (Å²) in [5, 5.41) is 7.60. The Hall–Kier alpha value is -3.85. The van der Waals surface area contributed by atoms with E-state index in [1.54, 1.807) is 36.6 Å². The average Bonchev–Trinajstić information content (AvgIpc) is 3.39. The third-order valence-electron chi connectivity index (χ3n) is 5.07. The molecule has 2 amide bonds. The van der Waals surface area contributed by atoms with Crippen LogP contribution in [0.4, 0.5) is 11.4 Å². The zero-order valence-electron chi connectivity index (χ0n) is 18.5. The van der Waals surface area contributed by atoms with E-state index in [4.69, 9.17) is 14.5 Å². The summed E-state index contributed by atoms with van der Waals surface area (Å²) in [5.74, 6) is 0.983. The Morgan fingerprint density at radius 2 is 1.85 bits per heavy atom. The quantitative estimate of drug-likeness (QED) is 0.397. The molecule has 0 unspecified atom stereocenters. The number of thiazole rings is 1. The summed E-state index contributed by atoms with van der Waals surface area (Å²) in [4.78, 5) is 29.5. The molecule has 9 heteroatoms. The third kappa shape index (κ3) is 5.15. The Morgan fingerprint density at radius 1 is 1.06 bits per heavy atom. The van der Waals surface area contributed by atoms with E-state index in [0.29, 0.717) is 23.5 Å². The Kier molecular flexibility index (Phi) is 6.60. The van der Waals surface area contributed by atoms with E-state index < -0.39 is 0 Å². The van der Waals surface area contributed by atoms with Crippen molar-refractivity contribution in [2.24, 2.45) is 0 Å². The van der Waals surface area contributed by atoms with Crippen molar-refractivity contribution in [3.8, 4) is 22.8 Å². The fourth-order valence-corrected chi connectivity index (χ4v) is 4.36. The highest BCUT2D eigenvalue weighted by molar-refractivity contribution is 7.15. The third-order valence-corrected chi connectivity index (χ3v) is 5.96. The number of ether oxygens (including phenoxy) is 2. The van der Waals surface area contributed by atoms with Crippen LogP contribution in [0.3, 0.4) is 0 Å². The highest BCUT2D eigenvalue weighted by atomic mass is 32.1. The number of carbonyl (C=O) groups excluding carboxylic acids is 2. The topological polar surface area (TPSA) is 94.0 Å². The minimum Gasteiger partial charge on any atom is -0.497 e.